The normalized spacial score (nSPS) is 12.9. The van der Waals surface area contributed by atoms with E-state index in [0.29, 0.717) is 32.2 Å². The number of amides is 3. The third-order valence-corrected chi connectivity index (χ3v) is 11.7. The smallest absolute Gasteiger partial charge is 0.326 e. The summed E-state index contributed by atoms with van der Waals surface area (Å²) in [7, 11) is 0. The van der Waals surface area contributed by atoms with E-state index in [1.54, 1.807) is 0 Å². The van der Waals surface area contributed by atoms with Gasteiger partial charge >= 0.3 is 23.9 Å². The van der Waals surface area contributed by atoms with E-state index in [4.69, 9.17) is 14.6 Å². The van der Waals surface area contributed by atoms with E-state index >= 15 is 0 Å². The zero-order valence-electron chi connectivity index (χ0n) is 40.8. The number of ketones is 3. The van der Waals surface area contributed by atoms with Crippen LogP contribution in [0.5, 0.6) is 0 Å². The summed E-state index contributed by atoms with van der Waals surface area (Å²) in [4.78, 5) is 119. The van der Waals surface area contributed by atoms with Crippen molar-refractivity contribution >= 4 is 58.9 Å². The molecule has 0 aliphatic carbocycles. The molecule has 7 N–H and O–H groups in total. The molecule has 3 amide bonds. The van der Waals surface area contributed by atoms with Crippen LogP contribution in [0.15, 0.2) is 0 Å². The average Bonchev–Trinajstić information content (AvgIpc) is 3.27. The predicted octanol–water partition coefficient (Wildman–Crippen LogP) is 6.35. The minimum absolute atomic E-state index is 0.0187. The van der Waals surface area contributed by atoms with Crippen molar-refractivity contribution in [2.45, 2.75) is 206 Å². The summed E-state index contributed by atoms with van der Waals surface area (Å²) in [5, 5.41) is 44.8. The second-order valence-electron chi connectivity index (χ2n) is 17.8. The Labute approximate surface area is 402 Å². The average molecular weight is 970 g/mol. The summed E-state index contributed by atoms with van der Waals surface area (Å²) in [5.74, 6) is -7.84. The van der Waals surface area contributed by atoms with Crippen LogP contribution in [0.4, 0.5) is 0 Å². The molecule has 68 heavy (non-hydrogen) atoms. The summed E-state index contributed by atoms with van der Waals surface area (Å²) < 4.78 is 10.6. The molecule has 19 nitrogen and oxygen atoms in total. The summed E-state index contributed by atoms with van der Waals surface area (Å²) >= 11 is 0. The molecular formula is C49H83N3O16. The van der Waals surface area contributed by atoms with Crippen molar-refractivity contribution in [3.63, 3.8) is 0 Å². The summed E-state index contributed by atoms with van der Waals surface area (Å²) in [6, 6.07) is -2.59. The van der Waals surface area contributed by atoms with Gasteiger partial charge in [0.15, 0.2) is 0 Å². The Bertz CT molecular complexity index is 1520. The van der Waals surface area contributed by atoms with Gasteiger partial charge in [-0.05, 0) is 58.3 Å². The van der Waals surface area contributed by atoms with Crippen LogP contribution in [0.1, 0.15) is 194 Å². The number of carboxylic acid groups (broad SMARTS) is 4. The fourth-order valence-electron chi connectivity index (χ4n) is 7.28. The number of unbranched alkanes of at least 4 members (excludes halogenated alkanes) is 14. The van der Waals surface area contributed by atoms with Gasteiger partial charge in [0.2, 0.25) is 17.7 Å². The van der Waals surface area contributed by atoms with E-state index in [-0.39, 0.29) is 107 Å². The Morgan fingerprint density at radius 3 is 1.46 bits per heavy atom. The largest absolute Gasteiger partial charge is 0.481 e. The molecule has 0 rings (SSSR count). The molecule has 4 atom stereocenters. The van der Waals surface area contributed by atoms with E-state index in [0.717, 1.165) is 57.8 Å². The van der Waals surface area contributed by atoms with Crippen LogP contribution in [0.3, 0.4) is 0 Å². The first-order valence-corrected chi connectivity index (χ1v) is 24.9. The maximum Gasteiger partial charge on any atom is 0.326 e. The molecule has 0 aliphatic heterocycles. The third-order valence-electron chi connectivity index (χ3n) is 11.7. The van der Waals surface area contributed by atoms with E-state index < -0.39 is 66.6 Å². The SMILES string of the molecule is CC(=O)[C@@H](C)CCCCNC(=O)CC[C@H](CC(=O)CC[C@H](NC(=O)COCCOCCCC(=O)CC[C@H](NC(=O)CCCCCCCCCCCCCCCCC(=O)O)C(=O)O)C(=O)O)C(=O)O. The van der Waals surface area contributed by atoms with Crippen molar-refractivity contribution < 1.29 is 77.8 Å². The second-order valence-corrected chi connectivity index (χ2v) is 17.8. The Hall–Kier alpha value is -4.78. The van der Waals surface area contributed by atoms with Gasteiger partial charge in [-0.15, -0.1) is 0 Å². The van der Waals surface area contributed by atoms with Gasteiger partial charge in [0.1, 0.15) is 36.0 Å². The zero-order chi connectivity index (χ0) is 51.0. The van der Waals surface area contributed by atoms with Gasteiger partial charge in [0.05, 0.1) is 19.1 Å². The third kappa shape index (κ3) is 38.2. The first kappa shape index (κ1) is 63.2. The Kier molecular flexibility index (Phi) is 38.3. The molecule has 0 fully saturated rings. The molecule has 0 aromatic heterocycles. The number of hydrogen-bond donors (Lipinski definition) is 7. The van der Waals surface area contributed by atoms with Crippen LogP contribution >= 0.6 is 0 Å². The number of Topliss-reactive ketones (excluding diaryl/α,β-unsaturated/α-hetero) is 3. The van der Waals surface area contributed by atoms with Gasteiger partial charge in [0.25, 0.3) is 0 Å². The first-order chi connectivity index (χ1) is 32.4. The van der Waals surface area contributed by atoms with Crippen LogP contribution < -0.4 is 16.0 Å². The van der Waals surface area contributed by atoms with Crippen LogP contribution in [0.25, 0.3) is 0 Å². The van der Waals surface area contributed by atoms with Crippen LogP contribution in [-0.4, -0.2) is 124 Å². The standard InChI is InChI=1S/C49H83N3O16/c1-36(37(2)53)20-17-18-30-50-43(56)29-24-38(47(61)62)34-40(55)26-28-42(49(65)66)52-45(58)35-68-33-32-67-31-19-21-39(54)25-27-41(48(63)64)51-44(57)22-15-13-11-9-7-5-3-4-6-8-10-12-14-16-23-46(59)60/h36,38,41-42H,3-35H2,1-2H3,(H,50,56)(H,51,57)(H,52,58)(H,59,60)(H,61,62)(H,63,64)(H,65,66)/t36-,38+,41-,42-/m0/s1. The Balaban J connectivity index is 4.11. The predicted molar refractivity (Wildman–Crippen MR) is 252 cm³/mol. The van der Waals surface area contributed by atoms with Crippen molar-refractivity contribution in [2.24, 2.45) is 11.8 Å². The highest BCUT2D eigenvalue weighted by Crippen LogP contribution is 2.17. The van der Waals surface area contributed by atoms with Crippen LogP contribution in [0, 0.1) is 11.8 Å². The Morgan fingerprint density at radius 1 is 0.441 bits per heavy atom. The number of aliphatic carboxylic acids is 4. The lowest BCUT2D eigenvalue weighted by molar-refractivity contribution is -0.145. The van der Waals surface area contributed by atoms with E-state index in [1.165, 1.54) is 39.0 Å². The van der Waals surface area contributed by atoms with Crippen molar-refractivity contribution in [3.8, 4) is 0 Å². The summed E-state index contributed by atoms with van der Waals surface area (Å²) in [5.41, 5.74) is 0. The monoisotopic (exact) mass is 970 g/mol. The van der Waals surface area contributed by atoms with Gasteiger partial charge in [-0.25, -0.2) is 9.59 Å². The minimum atomic E-state index is -1.43. The Morgan fingerprint density at radius 2 is 0.941 bits per heavy atom. The molecule has 0 radical (unpaired) electrons. The van der Waals surface area contributed by atoms with Gasteiger partial charge in [-0.1, -0.05) is 90.4 Å². The number of carboxylic acids is 4. The number of carbonyl (C=O) groups excluding carboxylic acids is 6. The van der Waals surface area contributed by atoms with Gasteiger partial charge in [-0.3, -0.25) is 38.4 Å². The molecule has 0 bridgehead atoms. The number of nitrogens with one attached hydrogen (secondary N) is 3. The maximum atomic E-state index is 12.6. The molecular weight excluding hydrogens is 887 g/mol. The van der Waals surface area contributed by atoms with Crippen molar-refractivity contribution in [1.82, 2.24) is 16.0 Å². The maximum absolute atomic E-state index is 12.6. The van der Waals surface area contributed by atoms with E-state index in [9.17, 15) is 63.3 Å². The molecule has 390 valence electrons. The fraction of sp³-hybridized carbons (Fsp3) is 0.796. The van der Waals surface area contributed by atoms with Gasteiger partial charge in [0, 0.05) is 64.0 Å². The molecule has 0 saturated carbocycles. The van der Waals surface area contributed by atoms with Gasteiger partial charge < -0.3 is 45.9 Å². The molecule has 0 spiro atoms. The fourth-order valence-corrected chi connectivity index (χ4v) is 7.28. The highest BCUT2D eigenvalue weighted by Gasteiger charge is 2.26. The molecule has 19 heteroatoms. The topological polar surface area (TPSA) is 306 Å². The molecule has 0 aromatic rings. The lowest BCUT2D eigenvalue weighted by Gasteiger charge is -2.15. The summed E-state index contributed by atoms with van der Waals surface area (Å²) in [6.45, 7) is 3.50. The van der Waals surface area contributed by atoms with Gasteiger partial charge in [-0.2, -0.15) is 0 Å². The molecule has 0 saturated heterocycles. The highest BCUT2D eigenvalue weighted by atomic mass is 16.5. The number of hydrogen-bond acceptors (Lipinski definition) is 12. The molecule has 0 aromatic carbocycles. The molecule has 0 unspecified atom stereocenters. The van der Waals surface area contributed by atoms with Crippen LogP contribution in [0.2, 0.25) is 0 Å². The number of rotatable bonds is 48. The number of carbonyl (C=O) groups is 10. The highest BCUT2D eigenvalue weighted by molar-refractivity contribution is 5.87. The van der Waals surface area contributed by atoms with Crippen molar-refractivity contribution in [3.05, 3.63) is 0 Å². The van der Waals surface area contributed by atoms with E-state index in [1.807, 2.05) is 6.92 Å². The van der Waals surface area contributed by atoms with Crippen molar-refractivity contribution in [2.75, 3.05) is 33.0 Å². The minimum Gasteiger partial charge on any atom is -0.481 e. The lowest BCUT2D eigenvalue weighted by Crippen LogP contribution is -2.42. The zero-order valence-corrected chi connectivity index (χ0v) is 40.8. The quantitative estimate of drug-likeness (QED) is 0.0327. The molecule has 0 aliphatic rings. The van der Waals surface area contributed by atoms with Crippen molar-refractivity contribution in [1.29, 1.82) is 0 Å². The second kappa shape index (κ2) is 41.2. The summed E-state index contributed by atoms with van der Waals surface area (Å²) in [6.07, 6.45) is 16.6. The molecule has 0 heterocycles. The number of ether oxygens (including phenoxy) is 2. The van der Waals surface area contributed by atoms with E-state index in [2.05, 4.69) is 16.0 Å². The first-order valence-electron chi connectivity index (χ1n) is 24.9. The van der Waals surface area contributed by atoms with Crippen LogP contribution in [-0.2, 0) is 57.4 Å². The lowest BCUT2D eigenvalue weighted by atomic mass is 9.94.